The first-order chi connectivity index (χ1) is 14.0. The van der Waals surface area contributed by atoms with Crippen LogP contribution in [0.3, 0.4) is 0 Å². The summed E-state index contributed by atoms with van der Waals surface area (Å²) in [6.45, 7) is 0. The van der Waals surface area contributed by atoms with Crippen LogP contribution in [-0.4, -0.2) is 46.6 Å². The van der Waals surface area contributed by atoms with E-state index in [1.165, 1.54) is 18.1 Å². The third-order valence-corrected chi connectivity index (χ3v) is 5.69. The fourth-order valence-corrected chi connectivity index (χ4v) is 4.13. The van der Waals surface area contributed by atoms with Crippen LogP contribution in [0.2, 0.25) is 0 Å². The number of amides is 1. The third-order valence-electron chi connectivity index (χ3n) is 5.69. The Balaban J connectivity index is 1.81. The molecule has 1 aliphatic heterocycles. The standard InChI is InChI=1S/C21H23FN4O3/c1-26(11-27)21(23)25-19-15-6-5-13(28)10-18(15)29-17-7-4-12(9-16(17)19)14-3-2-8-24-20(14)22/h2-4,7-9,11,13,15,18-19,28H,5-6,10H2,1H3,(H2,23,25)/t13?,15-,18?,19?/m0/s1. The number of aromatic nitrogens is 1. The van der Waals surface area contributed by atoms with E-state index in [1.54, 1.807) is 24.3 Å². The molecule has 1 fully saturated rings. The van der Waals surface area contributed by atoms with Gasteiger partial charge in [-0.15, -0.1) is 0 Å². The minimum absolute atomic E-state index is 0.00139. The molecule has 1 amide bonds. The molecule has 1 aliphatic carbocycles. The number of carbonyl (C=O) groups is 1. The van der Waals surface area contributed by atoms with Gasteiger partial charge in [-0.05, 0) is 42.7 Å². The highest BCUT2D eigenvalue weighted by molar-refractivity contribution is 5.87. The minimum atomic E-state index is -0.553. The lowest BCUT2D eigenvalue weighted by Gasteiger charge is -2.42. The summed E-state index contributed by atoms with van der Waals surface area (Å²) in [4.78, 5) is 20.7. The van der Waals surface area contributed by atoms with Crippen LogP contribution in [0.1, 0.15) is 30.9 Å². The van der Waals surface area contributed by atoms with E-state index in [0.717, 1.165) is 5.56 Å². The van der Waals surface area contributed by atoms with E-state index in [9.17, 15) is 14.3 Å². The number of guanidine groups is 1. The number of hydrogen-bond acceptors (Lipinski definition) is 5. The number of carbonyl (C=O) groups excluding carboxylic acids is 1. The molecule has 3 N–H and O–H groups in total. The Labute approximate surface area is 168 Å². The Morgan fingerprint density at radius 3 is 3.00 bits per heavy atom. The van der Waals surface area contributed by atoms with E-state index >= 15 is 0 Å². The lowest BCUT2D eigenvalue weighted by Crippen LogP contribution is -2.43. The smallest absolute Gasteiger partial charge is 0.220 e. The number of fused-ring (bicyclic) bond motifs is 2. The van der Waals surface area contributed by atoms with E-state index in [2.05, 4.69) is 9.98 Å². The zero-order valence-corrected chi connectivity index (χ0v) is 16.0. The predicted octanol–water partition coefficient (Wildman–Crippen LogP) is 2.25. The van der Waals surface area contributed by atoms with Crippen molar-refractivity contribution in [2.45, 2.75) is 37.5 Å². The molecule has 2 heterocycles. The number of aliphatic hydroxyl groups excluding tert-OH is 1. The molecule has 1 saturated carbocycles. The molecule has 1 aromatic heterocycles. The van der Waals surface area contributed by atoms with Gasteiger partial charge in [0.25, 0.3) is 0 Å². The topological polar surface area (TPSA) is 101 Å². The van der Waals surface area contributed by atoms with Crippen molar-refractivity contribution in [3.05, 3.63) is 48.0 Å². The van der Waals surface area contributed by atoms with E-state index in [-0.39, 0.29) is 24.0 Å². The van der Waals surface area contributed by atoms with Crippen molar-refractivity contribution >= 4 is 12.4 Å². The van der Waals surface area contributed by atoms with Gasteiger partial charge in [-0.25, -0.2) is 9.98 Å². The van der Waals surface area contributed by atoms with Crippen LogP contribution in [-0.2, 0) is 4.79 Å². The number of benzene rings is 1. The summed E-state index contributed by atoms with van der Waals surface area (Å²) in [5, 5.41) is 10.1. The number of aliphatic hydroxyl groups is 1. The Bertz CT molecular complexity index is 951. The predicted molar refractivity (Wildman–Crippen MR) is 106 cm³/mol. The summed E-state index contributed by atoms with van der Waals surface area (Å²) in [6.07, 6.45) is 3.26. The molecular weight excluding hydrogens is 375 g/mol. The maximum absolute atomic E-state index is 14.2. The summed E-state index contributed by atoms with van der Waals surface area (Å²) < 4.78 is 20.4. The molecule has 8 heteroatoms. The molecule has 0 bridgehead atoms. The van der Waals surface area contributed by atoms with Crippen LogP contribution >= 0.6 is 0 Å². The Morgan fingerprint density at radius 2 is 2.24 bits per heavy atom. The van der Waals surface area contributed by atoms with Gasteiger partial charge in [0.15, 0.2) is 5.96 Å². The average Bonchev–Trinajstić information content (AvgIpc) is 2.72. The highest BCUT2D eigenvalue weighted by Gasteiger charge is 2.42. The van der Waals surface area contributed by atoms with Crippen LogP contribution in [0, 0.1) is 11.9 Å². The van der Waals surface area contributed by atoms with Gasteiger partial charge in [0.1, 0.15) is 11.9 Å². The molecule has 4 atom stereocenters. The first-order valence-corrected chi connectivity index (χ1v) is 9.59. The van der Waals surface area contributed by atoms with Crippen molar-refractivity contribution in [2.75, 3.05) is 7.05 Å². The Morgan fingerprint density at radius 1 is 1.41 bits per heavy atom. The number of rotatable bonds is 3. The number of ether oxygens (including phenoxy) is 1. The molecule has 29 heavy (non-hydrogen) atoms. The zero-order valence-electron chi connectivity index (χ0n) is 16.0. The summed E-state index contributed by atoms with van der Waals surface area (Å²) in [7, 11) is 1.54. The van der Waals surface area contributed by atoms with Gasteiger partial charge in [0.2, 0.25) is 12.4 Å². The normalized spacial score (nSPS) is 26.1. The number of pyridine rings is 1. The van der Waals surface area contributed by atoms with Gasteiger partial charge in [0, 0.05) is 36.7 Å². The molecule has 1 aromatic carbocycles. The van der Waals surface area contributed by atoms with Crippen molar-refractivity contribution in [2.24, 2.45) is 16.6 Å². The third kappa shape index (κ3) is 3.67. The molecule has 152 valence electrons. The van der Waals surface area contributed by atoms with E-state index in [1.807, 2.05) is 6.07 Å². The molecule has 3 unspecified atom stereocenters. The number of hydrogen-bond donors (Lipinski definition) is 2. The van der Waals surface area contributed by atoms with Gasteiger partial charge < -0.3 is 15.6 Å². The van der Waals surface area contributed by atoms with Crippen LogP contribution in [0.4, 0.5) is 4.39 Å². The number of halogens is 1. The van der Waals surface area contributed by atoms with Gasteiger partial charge >= 0.3 is 0 Å². The second-order valence-corrected chi connectivity index (χ2v) is 7.53. The number of aliphatic imine (C=N–C) groups is 1. The first kappa shape index (κ1) is 19.3. The summed E-state index contributed by atoms with van der Waals surface area (Å²) in [5.41, 5.74) is 7.85. The fourth-order valence-electron chi connectivity index (χ4n) is 4.13. The van der Waals surface area contributed by atoms with Crippen LogP contribution in [0.5, 0.6) is 5.75 Å². The molecule has 2 aromatic rings. The molecular formula is C21H23FN4O3. The second-order valence-electron chi connectivity index (χ2n) is 7.53. The molecule has 0 spiro atoms. The molecule has 0 saturated heterocycles. The number of nitrogens with two attached hydrogens (primary N) is 1. The van der Waals surface area contributed by atoms with E-state index in [4.69, 9.17) is 10.5 Å². The van der Waals surface area contributed by atoms with Crippen LogP contribution < -0.4 is 10.5 Å². The largest absolute Gasteiger partial charge is 0.490 e. The average molecular weight is 398 g/mol. The summed E-state index contributed by atoms with van der Waals surface area (Å²) >= 11 is 0. The SMILES string of the molecule is CN(C=O)C(N)=NC1c2cc(-c3cccnc3F)ccc2OC2CC(O)CC[C@@H]21. The lowest BCUT2D eigenvalue weighted by molar-refractivity contribution is -0.114. The Kier molecular flexibility index (Phi) is 5.19. The second kappa shape index (κ2) is 7.79. The van der Waals surface area contributed by atoms with E-state index < -0.39 is 12.1 Å². The van der Waals surface area contributed by atoms with E-state index in [0.29, 0.717) is 42.5 Å². The minimum Gasteiger partial charge on any atom is -0.490 e. The van der Waals surface area contributed by atoms with Crippen molar-refractivity contribution in [1.29, 1.82) is 0 Å². The lowest BCUT2D eigenvalue weighted by atomic mass is 9.76. The van der Waals surface area contributed by atoms with Gasteiger partial charge in [0.05, 0.1) is 12.1 Å². The fraction of sp³-hybridized carbons (Fsp3) is 0.381. The molecule has 4 rings (SSSR count). The molecule has 2 aliphatic rings. The van der Waals surface area contributed by atoms with Crippen molar-refractivity contribution < 1.29 is 19.0 Å². The van der Waals surface area contributed by atoms with Crippen molar-refractivity contribution in [3.8, 4) is 16.9 Å². The quantitative estimate of drug-likeness (QED) is 0.357. The maximum atomic E-state index is 14.2. The van der Waals surface area contributed by atoms with Gasteiger partial charge in [-0.3, -0.25) is 9.69 Å². The summed E-state index contributed by atoms with van der Waals surface area (Å²) in [6, 6.07) is 8.40. The molecule has 7 nitrogen and oxygen atoms in total. The highest BCUT2D eigenvalue weighted by atomic mass is 19.1. The first-order valence-electron chi connectivity index (χ1n) is 9.59. The zero-order chi connectivity index (χ0) is 20.5. The highest BCUT2D eigenvalue weighted by Crippen LogP contribution is 2.47. The molecule has 0 radical (unpaired) electrons. The van der Waals surface area contributed by atoms with Crippen molar-refractivity contribution in [1.82, 2.24) is 9.88 Å². The van der Waals surface area contributed by atoms with Gasteiger partial charge in [-0.2, -0.15) is 4.39 Å². The number of nitrogens with zero attached hydrogens (tertiary/aromatic N) is 3. The van der Waals surface area contributed by atoms with Crippen LogP contribution in [0.15, 0.2) is 41.5 Å². The monoisotopic (exact) mass is 398 g/mol. The summed E-state index contributed by atoms with van der Waals surface area (Å²) in [5.74, 6) is 0.172. The maximum Gasteiger partial charge on any atom is 0.220 e. The van der Waals surface area contributed by atoms with Crippen molar-refractivity contribution in [3.63, 3.8) is 0 Å². The van der Waals surface area contributed by atoms with Crippen LogP contribution in [0.25, 0.3) is 11.1 Å². The Hall–Kier alpha value is -3.00. The van der Waals surface area contributed by atoms with Gasteiger partial charge in [-0.1, -0.05) is 6.07 Å².